The van der Waals surface area contributed by atoms with Gasteiger partial charge in [-0.2, -0.15) is 0 Å². The first-order valence-electron chi connectivity index (χ1n) is 45.2. The summed E-state index contributed by atoms with van der Waals surface area (Å²) in [5.74, 6) is 0. The number of nitrogens with zero attached hydrogens (tertiary/aromatic N) is 4. The molecular weight excluding hydrogens is 1600 g/mol. The highest BCUT2D eigenvalue weighted by Crippen LogP contribution is 2.50. The smallest absolute Gasteiger partial charge is 0.136 e. The monoisotopic (exact) mass is 1680 g/mol. The summed E-state index contributed by atoms with van der Waals surface area (Å²) in [4.78, 5) is 4.83. The van der Waals surface area contributed by atoms with E-state index in [0.717, 1.165) is 167 Å². The molecule has 6 heteroatoms. The second-order valence-corrected chi connectivity index (χ2v) is 34.5. The zero-order valence-corrected chi connectivity index (χ0v) is 71.8. The van der Waals surface area contributed by atoms with Gasteiger partial charge in [0.2, 0.25) is 0 Å². The highest BCUT2D eigenvalue weighted by Gasteiger charge is 2.25. The molecule has 0 aliphatic rings. The van der Waals surface area contributed by atoms with E-state index in [9.17, 15) is 0 Å². The maximum absolute atomic E-state index is 7.00. The number of hydrogen-bond acceptors (Lipinski definition) is 4. The summed E-state index contributed by atoms with van der Waals surface area (Å²) in [6, 6.07) is 177. The van der Waals surface area contributed by atoms with Crippen molar-refractivity contribution in [2.45, 2.75) is 0 Å². The minimum absolute atomic E-state index is 0.834. The highest BCUT2D eigenvalue weighted by atomic mass is 16.3. The van der Waals surface area contributed by atoms with Gasteiger partial charge in [0.25, 0.3) is 0 Å². The maximum atomic E-state index is 7.00. The van der Waals surface area contributed by atoms with Crippen molar-refractivity contribution >= 4 is 154 Å². The van der Waals surface area contributed by atoms with Crippen LogP contribution in [0.2, 0.25) is 0 Å². The standard InChI is InChI=1S/C126H80N4O2/c1-2-24-87(25-3-1)101-34-6-12-44-116(101)128(95-68-62-84(63-69-95)82-54-58-86(59-55-82)89-27-19-33-99(75-89)130-119-47-15-9-39-110(119)111-40-10-16-48-120(111)130)97-31-21-29-93(77-97)103-43-23-51-123-126(103)113-72-65-91(79-124(113)132-123)90-64-71-106-107-73-70-100(80-115(107)105-36-5-4-35-104(105)114(106)78-90)127(96-30-20-28-92(76-96)102-42-22-50-122-125(102)112-41-11-17-49-121(112)131-122)94-66-60-83(61-67-94)81-52-56-85(57-53-81)88-26-18-32-98(74-88)129-117-45-13-7-37-108(117)109-38-8-14-46-118(109)129/h1-80H. The van der Waals surface area contributed by atoms with Gasteiger partial charge in [0.15, 0.2) is 0 Å². The van der Waals surface area contributed by atoms with Crippen LogP contribution in [0.3, 0.4) is 0 Å². The Balaban J connectivity index is 0.522. The fourth-order valence-corrected chi connectivity index (χ4v) is 20.9. The molecule has 4 heterocycles. The highest BCUT2D eigenvalue weighted by molar-refractivity contribution is 6.27. The van der Waals surface area contributed by atoms with Crippen LogP contribution in [0.5, 0.6) is 0 Å². The number of hydrogen-bond donors (Lipinski definition) is 0. The third-order valence-corrected chi connectivity index (χ3v) is 27.1. The molecule has 0 saturated heterocycles. The van der Waals surface area contributed by atoms with Gasteiger partial charge in [0.05, 0.1) is 27.8 Å². The Morgan fingerprint density at radius 1 is 0.152 bits per heavy atom. The number of aromatic nitrogens is 2. The Morgan fingerprint density at radius 2 is 0.470 bits per heavy atom. The van der Waals surface area contributed by atoms with E-state index in [2.05, 4.69) is 498 Å². The van der Waals surface area contributed by atoms with Crippen LogP contribution < -0.4 is 9.80 Å². The molecule has 26 aromatic rings. The van der Waals surface area contributed by atoms with Gasteiger partial charge in [-0.3, -0.25) is 0 Å². The molecule has 22 aromatic carbocycles. The van der Waals surface area contributed by atoms with Crippen LogP contribution >= 0.6 is 0 Å². The Hall–Kier alpha value is -17.6. The first-order chi connectivity index (χ1) is 65.4. The summed E-state index contributed by atoms with van der Waals surface area (Å²) in [6.07, 6.45) is 0. The predicted molar refractivity (Wildman–Crippen MR) is 555 cm³/mol. The summed E-state index contributed by atoms with van der Waals surface area (Å²) in [5, 5.41) is 16.5. The van der Waals surface area contributed by atoms with Crippen molar-refractivity contribution < 1.29 is 8.83 Å². The van der Waals surface area contributed by atoms with E-state index in [-0.39, 0.29) is 0 Å². The summed E-state index contributed by atoms with van der Waals surface area (Å²) in [7, 11) is 0. The molecule has 616 valence electrons. The fraction of sp³-hybridized carbons (Fsp3) is 0. The minimum atomic E-state index is 0.834. The van der Waals surface area contributed by atoms with Crippen LogP contribution in [-0.4, -0.2) is 9.13 Å². The van der Waals surface area contributed by atoms with Crippen molar-refractivity contribution in [2.75, 3.05) is 9.80 Å². The predicted octanol–water partition coefficient (Wildman–Crippen LogP) is 35.4. The lowest BCUT2D eigenvalue weighted by Crippen LogP contribution is -2.11. The quantitative estimate of drug-likeness (QED) is 0.0904. The van der Waals surface area contributed by atoms with Crippen LogP contribution in [0.15, 0.2) is 494 Å². The number of anilines is 6. The van der Waals surface area contributed by atoms with Crippen LogP contribution in [-0.2, 0) is 0 Å². The second-order valence-electron chi connectivity index (χ2n) is 34.5. The van der Waals surface area contributed by atoms with E-state index in [1.54, 1.807) is 0 Å². The molecule has 0 bridgehead atoms. The van der Waals surface area contributed by atoms with Crippen molar-refractivity contribution in [1.82, 2.24) is 9.13 Å². The van der Waals surface area contributed by atoms with Crippen LogP contribution in [0, 0.1) is 0 Å². The van der Waals surface area contributed by atoms with Gasteiger partial charge in [-0.15, -0.1) is 0 Å². The van der Waals surface area contributed by atoms with Gasteiger partial charge < -0.3 is 27.8 Å². The van der Waals surface area contributed by atoms with Gasteiger partial charge in [-0.1, -0.05) is 334 Å². The summed E-state index contributed by atoms with van der Waals surface area (Å²) >= 11 is 0. The molecule has 0 aliphatic carbocycles. The molecule has 0 radical (unpaired) electrons. The van der Waals surface area contributed by atoms with E-state index >= 15 is 0 Å². The molecule has 0 unspecified atom stereocenters. The first kappa shape index (κ1) is 75.7. The Bertz CT molecular complexity index is 8960. The molecule has 0 atom stereocenters. The SMILES string of the molecule is c1ccc(-c2ccccc2N(c2ccc(-c3ccc(-c4cccc(-n5c6ccccc6c6ccccc65)c4)cc3)cc2)c2cccc(-c3cccc4oc5cc(-c6ccc7c8ccc(N(c9ccc(-c%10ccc(-c%11cccc(-n%12c%13ccccc%13c%13ccccc%13%12)c%11)cc%10)cc9)c9cccc(-c%10cccc%11oc%12ccccc%12c%10%11)c9)cc8c8ccccc8c7c6)ccc5c34)c2)cc1. The third-order valence-electron chi connectivity index (χ3n) is 27.1. The molecule has 0 aliphatic heterocycles. The van der Waals surface area contributed by atoms with Gasteiger partial charge in [-0.05, 0) is 267 Å². The van der Waals surface area contributed by atoms with E-state index in [4.69, 9.17) is 8.83 Å². The van der Waals surface area contributed by atoms with E-state index < -0.39 is 0 Å². The van der Waals surface area contributed by atoms with Crippen LogP contribution in [0.1, 0.15) is 0 Å². The number of rotatable bonds is 16. The largest absolute Gasteiger partial charge is 0.456 e. The van der Waals surface area contributed by atoms with Crippen LogP contribution in [0.4, 0.5) is 34.1 Å². The van der Waals surface area contributed by atoms with E-state index in [1.807, 2.05) is 6.07 Å². The number of para-hydroxylation sites is 6. The maximum Gasteiger partial charge on any atom is 0.136 e. The minimum Gasteiger partial charge on any atom is -0.456 e. The second kappa shape index (κ2) is 31.2. The first-order valence-corrected chi connectivity index (χ1v) is 45.2. The lowest BCUT2D eigenvalue weighted by atomic mass is 9.91. The Labute approximate surface area is 762 Å². The summed E-state index contributed by atoms with van der Waals surface area (Å²) in [5.41, 5.74) is 34.9. The normalized spacial score (nSPS) is 11.8. The van der Waals surface area contributed by atoms with Gasteiger partial charge in [0, 0.05) is 88.5 Å². The average Bonchev–Trinajstić information content (AvgIpc) is 1.12. The summed E-state index contributed by atoms with van der Waals surface area (Å²) in [6.45, 7) is 0. The van der Waals surface area contributed by atoms with Gasteiger partial charge >= 0.3 is 0 Å². The number of fused-ring (bicyclic) bond motifs is 18. The van der Waals surface area contributed by atoms with Crippen molar-refractivity contribution in [1.29, 1.82) is 0 Å². The topological polar surface area (TPSA) is 42.6 Å². The Morgan fingerprint density at radius 3 is 1.00 bits per heavy atom. The molecule has 132 heavy (non-hydrogen) atoms. The van der Waals surface area contributed by atoms with E-state index in [1.165, 1.54) is 87.1 Å². The van der Waals surface area contributed by atoms with Crippen molar-refractivity contribution in [3.8, 4) is 100 Å². The van der Waals surface area contributed by atoms with Crippen molar-refractivity contribution in [3.63, 3.8) is 0 Å². The fourth-order valence-electron chi connectivity index (χ4n) is 20.9. The Kier molecular flexibility index (Phi) is 17.9. The summed E-state index contributed by atoms with van der Waals surface area (Å²) < 4.78 is 18.3. The molecule has 0 fully saturated rings. The molecule has 0 spiro atoms. The molecule has 4 aromatic heterocycles. The van der Waals surface area contributed by atoms with Crippen LogP contribution in [0.25, 0.3) is 220 Å². The van der Waals surface area contributed by atoms with Crippen molar-refractivity contribution in [3.05, 3.63) is 485 Å². The molecule has 6 nitrogen and oxygen atoms in total. The zero-order chi connectivity index (χ0) is 86.9. The lowest BCUT2D eigenvalue weighted by molar-refractivity contribution is 0.668. The lowest BCUT2D eigenvalue weighted by Gasteiger charge is -2.28. The molecular formula is C126H80N4O2. The number of benzene rings is 22. The van der Waals surface area contributed by atoms with E-state index in [0.29, 0.717) is 0 Å². The van der Waals surface area contributed by atoms with Gasteiger partial charge in [-0.25, -0.2) is 0 Å². The zero-order valence-electron chi connectivity index (χ0n) is 71.8. The molecule has 0 saturated carbocycles. The van der Waals surface area contributed by atoms with Crippen molar-refractivity contribution in [2.24, 2.45) is 0 Å². The molecule has 0 N–H and O–H groups in total. The third kappa shape index (κ3) is 12.8. The molecule has 26 rings (SSSR count). The van der Waals surface area contributed by atoms with Gasteiger partial charge in [0.1, 0.15) is 22.3 Å². The average molecular weight is 1680 g/mol. The molecule has 0 amide bonds. The number of furan rings is 2.